The number of thiazole rings is 1. The van der Waals surface area contributed by atoms with E-state index in [-0.39, 0.29) is 6.04 Å². The zero-order valence-electron chi connectivity index (χ0n) is 10.5. The summed E-state index contributed by atoms with van der Waals surface area (Å²) in [7, 11) is 0. The molecule has 2 N–H and O–H groups in total. The van der Waals surface area contributed by atoms with Crippen LogP contribution in [-0.4, -0.2) is 23.2 Å². The van der Waals surface area contributed by atoms with Crippen LogP contribution in [0, 0.1) is 19.8 Å². The van der Waals surface area contributed by atoms with Crippen molar-refractivity contribution in [2.24, 2.45) is 11.7 Å². The highest BCUT2D eigenvalue weighted by Gasteiger charge is 2.43. The number of nitrogens with two attached hydrogens (primary N) is 1. The maximum atomic E-state index is 6.34. The van der Waals surface area contributed by atoms with E-state index in [0.717, 1.165) is 18.5 Å². The lowest BCUT2D eigenvalue weighted by Gasteiger charge is -2.24. The standard InChI is InChI=1S/C13H20N2OS/c1-7-8(2)17-13(15-7)6-11(14)10-5-9-3-4-12(10)16-9/h9-12H,3-6,14H2,1-2H3. The van der Waals surface area contributed by atoms with Crippen molar-refractivity contribution in [2.45, 2.75) is 57.8 Å². The first-order chi connectivity index (χ1) is 8.13. The SMILES string of the molecule is Cc1nc(CC(N)C2CC3CCC2O3)sc1C. The molecular weight excluding hydrogens is 232 g/mol. The van der Waals surface area contributed by atoms with Crippen LogP contribution in [0.25, 0.3) is 0 Å². The summed E-state index contributed by atoms with van der Waals surface area (Å²) in [6.45, 7) is 4.20. The fourth-order valence-electron chi connectivity index (χ4n) is 3.11. The summed E-state index contributed by atoms with van der Waals surface area (Å²) >= 11 is 1.79. The molecule has 0 aromatic carbocycles. The second-order valence-electron chi connectivity index (χ2n) is 5.39. The summed E-state index contributed by atoms with van der Waals surface area (Å²) in [4.78, 5) is 5.90. The summed E-state index contributed by atoms with van der Waals surface area (Å²) < 4.78 is 5.88. The van der Waals surface area contributed by atoms with Gasteiger partial charge < -0.3 is 10.5 Å². The van der Waals surface area contributed by atoms with Gasteiger partial charge in [-0.3, -0.25) is 0 Å². The number of hydrogen-bond donors (Lipinski definition) is 1. The third-order valence-electron chi connectivity index (χ3n) is 4.19. The molecule has 1 aromatic heterocycles. The van der Waals surface area contributed by atoms with Gasteiger partial charge in [-0.1, -0.05) is 0 Å². The Morgan fingerprint density at radius 2 is 2.29 bits per heavy atom. The summed E-state index contributed by atoms with van der Waals surface area (Å²) in [5, 5.41) is 1.19. The molecule has 4 unspecified atom stereocenters. The van der Waals surface area contributed by atoms with E-state index in [2.05, 4.69) is 18.8 Å². The monoisotopic (exact) mass is 252 g/mol. The largest absolute Gasteiger partial charge is 0.375 e. The van der Waals surface area contributed by atoms with Crippen molar-refractivity contribution < 1.29 is 4.74 Å². The summed E-state index contributed by atoms with van der Waals surface area (Å²) in [5.41, 5.74) is 7.50. The molecule has 3 heterocycles. The maximum Gasteiger partial charge on any atom is 0.0946 e. The zero-order chi connectivity index (χ0) is 12.0. The van der Waals surface area contributed by atoms with Gasteiger partial charge in [-0.25, -0.2) is 4.98 Å². The van der Waals surface area contributed by atoms with Gasteiger partial charge >= 0.3 is 0 Å². The van der Waals surface area contributed by atoms with Crippen molar-refractivity contribution in [2.75, 3.05) is 0 Å². The molecule has 0 radical (unpaired) electrons. The molecule has 4 atom stereocenters. The Kier molecular flexibility index (Phi) is 2.97. The van der Waals surface area contributed by atoms with E-state index in [1.807, 2.05) is 0 Å². The molecule has 17 heavy (non-hydrogen) atoms. The van der Waals surface area contributed by atoms with Gasteiger partial charge in [0.15, 0.2) is 0 Å². The van der Waals surface area contributed by atoms with Crippen LogP contribution in [0.3, 0.4) is 0 Å². The Hall–Kier alpha value is -0.450. The lowest BCUT2D eigenvalue weighted by atomic mass is 9.83. The van der Waals surface area contributed by atoms with Gasteiger partial charge in [0.2, 0.25) is 0 Å². The van der Waals surface area contributed by atoms with Crippen molar-refractivity contribution in [1.29, 1.82) is 0 Å². The molecule has 2 saturated heterocycles. The van der Waals surface area contributed by atoms with Crippen molar-refractivity contribution in [3.05, 3.63) is 15.6 Å². The molecule has 3 rings (SSSR count). The zero-order valence-corrected chi connectivity index (χ0v) is 11.3. The molecule has 2 aliphatic rings. The molecule has 0 spiro atoms. The number of rotatable bonds is 3. The highest BCUT2D eigenvalue weighted by Crippen LogP contribution is 2.40. The summed E-state index contributed by atoms with van der Waals surface area (Å²) in [6, 6.07) is 0.218. The van der Waals surface area contributed by atoms with Crippen LogP contribution < -0.4 is 5.73 Å². The molecule has 3 nitrogen and oxygen atoms in total. The average molecular weight is 252 g/mol. The maximum absolute atomic E-state index is 6.34. The van der Waals surface area contributed by atoms with Crippen LogP contribution in [-0.2, 0) is 11.2 Å². The van der Waals surface area contributed by atoms with Crippen LogP contribution in [0.1, 0.15) is 34.8 Å². The highest BCUT2D eigenvalue weighted by molar-refractivity contribution is 7.11. The van der Waals surface area contributed by atoms with Crippen LogP contribution >= 0.6 is 11.3 Å². The topological polar surface area (TPSA) is 48.1 Å². The van der Waals surface area contributed by atoms with Gasteiger partial charge in [0, 0.05) is 23.3 Å². The smallest absolute Gasteiger partial charge is 0.0946 e. The van der Waals surface area contributed by atoms with Crippen LogP contribution in [0.4, 0.5) is 0 Å². The van der Waals surface area contributed by atoms with Crippen molar-refractivity contribution in [1.82, 2.24) is 4.98 Å². The Bertz CT molecular complexity index is 398. The Morgan fingerprint density at radius 1 is 1.47 bits per heavy atom. The number of hydrogen-bond acceptors (Lipinski definition) is 4. The molecular formula is C13H20N2OS. The predicted octanol–water partition coefficient (Wildman–Crippen LogP) is 2.20. The van der Waals surface area contributed by atoms with Crippen LogP contribution in [0.15, 0.2) is 0 Å². The fraction of sp³-hybridized carbons (Fsp3) is 0.769. The van der Waals surface area contributed by atoms with Crippen molar-refractivity contribution >= 4 is 11.3 Å². The number of aromatic nitrogens is 1. The van der Waals surface area contributed by atoms with Gasteiger partial charge in [-0.2, -0.15) is 0 Å². The average Bonchev–Trinajstić information content (AvgIpc) is 2.95. The van der Waals surface area contributed by atoms with Crippen molar-refractivity contribution in [3.8, 4) is 0 Å². The Balaban J connectivity index is 1.65. The Morgan fingerprint density at radius 3 is 2.82 bits per heavy atom. The number of nitrogens with zero attached hydrogens (tertiary/aromatic N) is 1. The number of fused-ring (bicyclic) bond motifs is 2. The van der Waals surface area contributed by atoms with Gasteiger partial charge in [0.25, 0.3) is 0 Å². The molecule has 2 bridgehead atoms. The van der Waals surface area contributed by atoms with Gasteiger partial charge in [-0.05, 0) is 33.1 Å². The minimum absolute atomic E-state index is 0.218. The third-order valence-corrected chi connectivity index (χ3v) is 5.28. The van der Waals surface area contributed by atoms with Gasteiger partial charge in [-0.15, -0.1) is 11.3 Å². The predicted molar refractivity (Wildman–Crippen MR) is 69.3 cm³/mol. The molecule has 0 amide bonds. The molecule has 4 heteroatoms. The van der Waals surface area contributed by atoms with E-state index >= 15 is 0 Å². The minimum atomic E-state index is 0.218. The van der Waals surface area contributed by atoms with E-state index in [4.69, 9.17) is 10.5 Å². The lowest BCUT2D eigenvalue weighted by molar-refractivity contribution is 0.0885. The van der Waals surface area contributed by atoms with Gasteiger partial charge in [0.1, 0.15) is 0 Å². The fourth-order valence-corrected chi connectivity index (χ4v) is 4.11. The second-order valence-corrected chi connectivity index (χ2v) is 6.68. The molecule has 2 fully saturated rings. The van der Waals surface area contributed by atoms with Crippen LogP contribution in [0.2, 0.25) is 0 Å². The Labute approximate surface area is 106 Å². The third kappa shape index (κ3) is 2.14. The van der Waals surface area contributed by atoms with Gasteiger partial charge in [0.05, 0.1) is 22.9 Å². The summed E-state index contributed by atoms with van der Waals surface area (Å²) in [5.74, 6) is 0.554. The first-order valence-corrected chi connectivity index (χ1v) is 7.29. The first-order valence-electron chi connectivity index (χ1n) is 6.47. The minimum Gasteiger partial charge on any atom is -0.375 e. The number of aryl methyl sites for hydroxylation is 2. The van der Waals surface area contributed by atoms with Crippen LogP contribution in [0.5, 0.6) is 0 Å². The lowest BCUT2D eigenvalue weighted by Crippen LogP contribution is -2.37. The molecule has 0 aliphatic carbocycles. The second kappa shape index (κ2) is 4.34. The van der Waals surface area contributed by atoms with E-state index in [0.29, 0.717) is 18.1 Å². The molecule has 0 saturated carbocycles. The van der Waals surface area contributed by atoms with E-state index < -0.39 is 0 Å². The van der Waals surface area contributed by atoms with E-state index in [1.54, 1.807) is 11.3 Å². The first kappa shape index (κ1) is 11.6. The quantitative estimate of drug-likeness (QED) is 0.897. The molecule has 1 aromatic rings. The normalized spacial score (nSPS) is 33.2. The molecule has 2 aliphatic heterocycles. The van der Waals surface area contributed by atoms with E-state index in [9.17, 15) is 0 Å². The van der Waals surface area contributed by atoms with E-state index in [1.165, 1.54) is 22.7 Å². The molecule has 94 valence electrons. The van der Waals surface area contributed by atoms with Crippen molar-refractivity contribution in [3.63, 3.8) is 0 Å². The number of ether oxygens (including phenoxy) is 1. The highest BCUT2D eigenvalue weighted by atomic mass is 32.1. The summed E-state index contributed by atoms with van der Waals surface area (Å²) in [6.07, 6.45) is 5.45.